The standard InChI is InChI=1S/C18H20ClFN2O2S.C3H8/c1-3-4-5-6-15(11(2)23)22-17(24)16-10-21-18(25-16)12-7-13(19)9-14(20)8-12;1-3-2/h7-10,15H,3-6H2,1-2H3,(H,22,24);3H2,1-2H3. The molecular weight excluding hydrogens is 399 g/mol. The van der Waals surface area contributed by atoms with Gasteiger partial charge in [-0.15, -0.1) is 11.3 Å². The number of nitrogens with zero attached hydrogens (tertiary/aromatic N) is 1. The molecular formula is C21H28ClFN2O2S. The van der Waals surface area contributed by atoms with E-state index in [2.05, 4.69) is 31.1 Å². The van der Waals surface area contributed by atoms with E-state index in [1.165, 1.54) is 31.7 Å². The molecule has 0 aliphatic heterocycles. The molecule has 2 rings (SSSR count). The van der Waals surface area contributed by atoms with Gasteiger partial charge >= 0.3 is 0 Å². The molecule has 2 aromatic rings. The minimum atomic E-state index is -0.492. The summed E-state index contributed by atoms with van der Waals surface area (Å²) in [6, 6.07) is 3.62. The first-order valence-electron chi connectivity index (χ1n) is 9.55. The van der Waals surface area contributed by atoms with Gasteiger partial charge in [0.2, 0.25) is 0 Å². The van der Waals surface area contributed by atoms with Crippen molar-refractivity contribution in [1.29, 1.82) is 0 Å². The maximum atomic E-state index is 13.5. The van der Waals surface area contributed by atoms with Gasteiger partial charge in [-0.25, -0.2) is 9.37 Å². The lowest BCUT2D eigenvalue weighted by Crippen LogP contribution is -2.39. The van der Waals surface area contributed by atoms with Gasteiger partial charge in [-0.05, 0) is 31.5 Å². The highest BCUT2D eigenvalue weighted by Gasteiger charge is 2.19. The molecule has 7 heteroatoms. The fraction of sp³-hybridized carbons (Fsp3) is 0.476. The van der Waals surface area contributed by atoms with Crippen LogP contribution in [0.25, 0.3) is 10.6 Å². The van der Waals surface area contributed by atoms with Crippen LogP contribution in [0, 0.1) is 5.82 Å². The van der Waals surface area contributed by atoms with Crippen molar-refractivity contribution in [3.63, 3.8) is 0 Å². The van der Waals surface area contributed by atoms with Crippen molar-refractivity contribution in [2.75, 3.05) is 0 Å². The van der Waals surface area contributed by atoms with E-state index in [0.717, 1.165) is 30.6 Å². The number of carbonyl (C=O) groups is 2. The third kappa shape index (κ3) is 8.07. The van der Waals surface area contributed by atoms with Crippen molar-refractivity contribution in [1.82, 2.24) is 10.3 Å². The van der Waals surface area contributed by atoms with Crippen LogP contribution in [0.15, 0.2) is 24.4 Å². The Morgan fingerprint density at radius 3 is 2.46 bits per heavy atom. The zero-order valence-electron chi connectivity index (χ0n) is 16.9. The summed E-state index contributed by atoms with van der Waals surface area (Å²) in [5, 5.41) is 3.53. The van der Waals surface area contributed by atoms with Crippen molar-refractivity contribution in [3.8, 4) is 10.6 Å². The van der Waals surface area contributed by atoms with Gasteiger partial charge in [-0.1, -0.05) is 58.1 Å². The van der Waals surface area contributed by atoms with Crippen LogP contribution in [0.4, 0.5) is 4.39 Å². The van der Waals surface area contributed by atoms with Crippen LogP contribution in [0.5, 0.6) is 0 Å². The molecule has 1 aromatic heterocycles. The van der Waals surface area contributed by atoms with Crippen LogP contribution in [-0.4, -0.2) is 22.7 Å². The third-order valence-electron chi connectivity index (χ3n) is 3.73. The smallest absolute Gasteiger partial charge is 0.263 e. The topological polar surface area (TPSA) is 59.1 Å². The monoisotopic (exact) mass is 426 g/mol. The molecule has 0 aliphatic carbocycles. The number of amides is 1. The number of rotatable bonds is 8. The Labute approximate surface area is 175 Å². The largest absolute Gasteiger partial charge is 0.341 e. The van der Waals surface area contributed by atoms with Crippen LogP contribution in [0.1, 0.15) is 69.5 Å². The van der Waals surface area contributed by atoms with E-state index in [1.54, 1.807) is 6.07 Å². The lowest BCUT2D eigenvalue weighted by Gasteiger charge is -2.14. The van der Waals surface area contributed by atoms with Crippen LogP contribution >= 0.6 is 22.9 Å². The van der Waals surface area contributed by atoms with Crippen LogP contribution in [0.2, 0.25) is 5.02 Å². The number of carbonyl (C=O) groups excluding carboxylic acids is 2. The van der Waals surface area contributed by atoms with E-state index in [1.807, 2.05) is 0 Å². The summed E-state index contributed by atoms with van der Waals surface area (Å²) in [5.74, 6) is -0.870. The number of benzene rings is 1. The SMILES string of the molecule is CCC.CCCCCC(NC(=O)c1cnc(-c2cc(F)cc(Cl)c2)s1)C(C)=O. The molecule has 0 saturated carbocycles. The molecule has 154 valence electrons. The van der Waals surface area contributed by atoms with Gasteiger partial charge in [-0.3, -0.25) is 9.59 Å². The normalized spacial score (nSPS) is 11.4. The summed E-state index contributed by atoms with van der Waals surface area (Å²) in [6.45, 7) is 7.81. The predicted molar refractivity (Wildman–Crippen MR) is 115 cm³/mol. The minimum Gasteiger partial charge on any atom is -0.341 e. The molecule has 1 heterocycles. The lowest BCUT2D eigenvalue weighted by atomic mass is 10.1. The van der Waals surface area contributed by atoms with Crippen LogP contribution in [0.3, 0.4) is 0 Å². The van der Waals surface area contributed by atoms with E-state index in [4.69, 9.17) is 11.6 Å². The molecule has 0 spiro atoms. The number of halogens is 2. The highest BCUT2D eigenvalue weighted by Crippen LogP contribution is 2.28. The van der Waals surface area contributed by atoms with E-state index in [-0.39, 0.29) is 16.7 Å². The highest BCUT2D eigenvalue weighted by molar-refractivity contribution is 7.16. The number of unbranched alkanes of at least 4 members (excludes halogenated alkanes) is 2. The third-order valence-corrected chi connectivity index (χ3v) is 4.99. The zero-order valence-corrected chi connectivity index (χ0v) is 18.4. The van der Waals surface area contributed by atoms with Gasteiger partial charge in [0.15, 0.2) is 5.78 Å². The number of ketones is 1. The van der Waals surface area contributed by atoms with Crippen molar-refractivity contribution < 1.29 is 14.0 Å². The van der Waals surface area contributed by atoms with Gasteiger partial charge in [0.1, 0.15) is 15.7 Å². The fourth-order valence-corrected chi connectivity index (χ4v) is 3.42. The maximum Gasteiger partial charge on any atom is 0.263 e. The molecule has 1 amide bonds. The highest BCUT2D eigenvalue weighted by atomic mass is 35.5. The van der Waals surface area contributed by atoms with Crippen LogP contribution < -0.4 is 5.32 Å². The molecule has 0 radical (unpaired) electrons. The number of thiazole rings is 1. The Hall–Kier alpha value is -1.79. The van der Waals surface area contributed by atoms with Crippen molar-refractivity contribution in [2.24, 2.45) is 0 Å². The molecule has 1 atom stereocenters. The second kappa shape index (κ2) is 12.6. The molecule has 0 fully saturated rings. The Morgan fingerprint density at radius 2 is 1.89 bits per heavy atom. The molecule has 1 aromatic carbocycles. The minimum absolute atomic E-state index is 0.0638. The number of Topliss-reactive ketones (excluding diaryl/α,β-unsaturated/α-hetero) is 1. The van der Waals surface area contributed by atoms with Gasteiger partial charge < -0.3 is 5.32 Å². The second-order valence-corrected chi connectivity index (χ2v) is 7.99. The summed E-state index contributed by atoms with van der Waals surface area (Å²) < 4.78 is 13.5. The zero-order chi connectivity index (χ0) is 21.1. The van der Waals surface area contributed by atoms with Gasteiger partial charge in [0.05, 0.1) is 12.2 Å². The van der Waals surface area contributed by atoms with Crippen molar-refractivity contribution in [3.05, 3.63) is 40.1 Å². The maximum absolute atomic E-state index is 13.5. The number of hydrogen-bond donors (Lipinski definition) is 1. The predicted octanol–water partition coefficient (Wildman–Crippen LogP) is 6.29. The Morgan fingerprint density at radius 1 is 1.21 bits per heavy atom. The van der Waals surface area contributed by atoms with Gasteiger partial charge in [0, 0.05) is 10.6 Å². The van der Waals surface area contributed by atoms with E-state index >= 15 is 0 Å². The van der Waals surface area contributed by atoms with Crippen LogP contribution in [-0.2, 0) is 4.79 Å². The van der Waals surface area contributed by atoms with Gasteiger partial charge in [-0.2, -0.15) is 0 Å². The average molecular weight is 427 g/mol. The first kappa shape index (κ1) is 24.2. The first-order valence-corrected chi connectivity index (χ1v) is 10.7. The van der Waals surface area contributed by atoms with E-state index in [0.29, 0.717) is 21.9 Å². The number of aromatic nitrogens is 1. The average Bonchev–Trinajstić information content (AvgIpc) is 3.11. The molecule has 1 N–H and O–H groups in total. The van der Waals surface area contributed by atoms with E-state index in [9.17, 15) is 14.0 Å². The molecule has 0 saturated heterocycles. The quantitative estimate of drug-likeness (QED) is 0.505. The first-order chi connectivity index (χ1) is 13.3. The molecule has 1 unspecified atom stereocenters. The summed E-state index contributed by atoms with van der Waals surface area (Å²) in [6.07, 6.45) is 6.26. The molecule has 28 heavy (non-hydrogen) atoms. The van der Waals surface area contributed by atoms with Crippen molar-refractivity contribution in [2.45, 2.75) is 65.8 Å². The van der Waals surface area contributed by atoms with Gasteiger partial charge in [0.25, 0.3) is 5.91 Å². The molecule has 0 aliphatic rings. The number of nitrogens with one attached hydrogen (secondary N) is 1. The lowest BCUT2D eigenvalue weighted by molar-refractivity contribution is -0.119. The molecule has 4 nitrogen and oxygen atoms in total. The van der Waals surface area contributed by atoms with Crippen molar-refractivity contribution >= 4 is 34.6 Å². The Bertz CT molecular complexity index is 759. The summed E-state index contributed by atoms with van der Waals surface area (Å²) in [7, 11) is 0. The second-order valence-electron chi connectivity index (χ2n) is 6.53. The summed E-state index contributed by atoms with van der Waals surface area (Å²) in [5.41, 5.74) is 0.514. The Balaban J connectivity index is 0.00000122. The summed E-state index contributed by atoms with van der Waals surface area (Å²) in [4.78, 5) is 28.6. The molecule has 0 bridgehead atoms. The number of hydrogen-bond acceptors (Lipinski definition) is 4. The summed E-state index contributed by atoms with van der Waals surface area (Å²) >= 11 is 6.99. The fourth-order valence-electron chi connectivity index (χ4n) is 2.39. The van der Waals surface area contributed by atoms with E-state index < -0.39 is 11.9 Å². The Kier molecular flexibility index (Phi) is 10.9.